The number of hydrogen-bond acceptors (Lipinski definition) is 2. The van der Waals surface area contributed by atoms with Crippen LogP contribution < -0.4 is 0 Å². The van der Waals surface area contributed by atoms with Gasteiger partial charge < -0.3 is 10.0 Å². The van der Waals surface area contributed by atoms with Crippen LogP contribution in [0.4, 0.5) is 0 Å². The fourth-order valence-corrected chi connectivity index (χ4v) is 0.933. The largest absolute Gasteiger partial charge is 0.448 e. The molecule has 2 nitrogen and oxygen atoms in total. The normalized spacial score (nSPS) is 8.62. The van der Waals surface area contributed by atoms with Gasteiger partial charge in [0, 0.05) is 0 Å². The van der Waals surface area contributed by atoms with E-state index < -0.39 is 7.12 Å². The lowest BCUT2D eigenvalue weighted by Crippen LogP contribution is -2.00. The maximum atomic E-state index is 7.61. The Morgan fingerprint density at radius 1 is 1.15 bits per heavy atom. The van der Waals surface area contributed by atoms with E-state index in [1.165, 1.54) is 25.2 Å². The molecule has 0 fully saturated rings. The van der Waals surface area contributed by atoms with Gasteiger partial charge in [-0.3, -0.25) is 0 Å². The van der Waals surface area contributed by atoms with Crippen LogP contribution in [0, 0.1) is 0 Å². The van der Waals surface area contributed by atoms with E-state index in [1.807, 2.05) is 0 Å². The van der Waals surface area contributed by atoms with E-state index in [9.17, 15) is 0 Å². The minimum absolute atomic E-state index is 1.17. The molecule has 13 heavy (non-hydrogen) atoms. The van der Waals surface area contributed by atoms with Crippen molar-refractivity contribution < 1.29 is 10.0 Å². The molecular formula is C10H17BO2. The molecule has 0 radical (unpaired) electrons. The van der Waals surface area contributed by atoms with Crippen molar-refractivity contribution >= 4 is 7.12 Å². The molecule has 1 aromatic carbocycles. The summed E-state index contributed by atoms with van der Waals surface area (Å²) in [5.41, 5.74) is 1.44. The van der Waals surface area contributed by atoms with E-state index in [0.717, 1.165) is 0 Å². The molecule has 1 rings (SSSR count). The summed E-state index contributed by atoms with van der Waals surface area (Å²) in [6.07, 6.45) is 2.45. The van der Waals surface area contributed by atoms with E-state index in [0.29, 0.717) is 0 Å². The third kappa shape index (κ3) is 9.12. The average Bonchev–Trinajstić information content (AvgIpc) is 2.06. The first kappa shape index (κ1) is 12.2. The van der Waals surface area contributed by atoms with E-state index in [-0.39, 0.29) is 0 Å². The third-order valence-corrected chi connectivity index (χ3v) is 1.38. The Morgan fingerprint density at radius 3 is 2.00 bits per heavy atom. The average molecular weight is 180 g/mol. The number of hydrogen-bond donors (Lipinski definition) is 2. The molecule has 2 N–H and O–H groups in total. The quantitative estimate of drug-likeness (QED) is 0.680. The van der Waals surface area contributed by atoms with Crippen LogP contribution in [0.5, 0.6) is 0 Å². The van der Waals surface area contributed by atoms with Gasteiger partial charge in [-0.2, -0.15) is 0 Å². The topological polar surface area (TPSA) is 40.5 Å². The minimum Gasteiger partial charge on any atom is -0.427 e. The third-order valence-electron chi connectivity index (χ3n) is 1.38. The highest BCUT2D eigenvalue weighted by Crippen LogP contribution is 2.00. The van der Waals surface area contributed by atoms with E-state index in [1.54, 1.807) is 0 Å². The summed E-state index contributed by atoms with van der Waals surface area (Å²) in [6.45, 7) is 3.48. The van der Waals surface area contributed by atoms with Gasteiger partial charge in [0.05, 0.1) is 0 Å². The number of rotatable bonds is 2. The molecule has 0 bridgehead atoms. The monoisotopic (exact) mass is 180 g/mol. The van der Waals surface area contributed by atoms with E-state index in [4.69, 9.17) is 10.0 Å². The van der Waals surface area contributed by atoms with Gasteiger partial charge in [-0.25, -0.2) is 0 Å². The second-order valence-corrected chi connectivity index (χ2v) is 2.87. The van der Waals surface area contributed by atoms with Gasteiger partial charge in [0.15, 0.2) is 0 Å². The van der Waals surface area contributed by atoms with Crippen LogP contribution in [-0.2, 0) is 6.42 Å². The second-order valence-electron chi connectivity index (χ2n) is 2.87. The van der Waals surface area contributed by atoms with Crippen LogP contribution in [0.25, 0.3) is 0 Å². The number of aryl methyl sites for hydroxylation is 1. The Labute approximate surface area is 80.4 Å². The zero-order valence-corrected chi connectivity index (χ0v) is 8.27. The molecule has 0 aliphatic rings. The molecule has 0 saturated carbocycles. The molecule has 72 valence electrons. The van der Waals surface area contributed by atoms with Crippen LogP contribution in [0.3, 0.4) is 0 Å². The Morgan fingerprint density at radius 2 is 1.62 bits per heavy atom. The molecule has 0 amide bonds. The highest BCUT2D eigenvalue weighted by molar-refractivity contribution is 6.38. The summed E-state index contributed by atoms with van der Waals surface area (Å²) in [4.78, 5) is 0. The summed E-state index contributed by atoms with van der Waals surface area (Å²) in [5.74, 6) is 0. The SMILES string of the molecule is CB(O)O.CCCc1ccccc1. The predicted octanol–water partition coefficient (Wildman–Crippen LogP) is 1.73. The van der Waals surface area contributed by atoms with Gasteiger partial charge in [0.25, 0.3) is 0 Å². The fourth-order valence-electron chi connectivity index (χ4n) is 0.933. The van der Waals surface area contributed by atoms with Crippen molar-refractivity contribution in [3.8, 4) is 0 Å². The summed E-state index contributed by atoms with van der Waals surface area (Å²) < 4.78 is 0. The zero-order valence-electron chi connectivity index (χ0n) is 8.27. The minimum atomic E-state index is -1.17. The molecule has 0 saturated heterocycles. The lowest BCUT2D eigenvalue weighted by atomic mass is 9.99. The van der Waals surface area contributed by atoms with Gasteiger partial charge in [-0.1, -0.05) is 43.7 Å². The Hall–Kier alpha value is -0.795. The van der Waals surface area contributed by atoms with Gasteiger partial charge in [0.2, 0.25) is 0 Å². The van der Waals surface area contributed by atoms with Crippen molar-refractivity contribution in [1.29, 1.82) is 0 Å². The molecule has 3 heteroatoms. The van der Waals surface area contributed by atoms with E-state index >= 15 is 0 Å². The predicted molar refractivity (Wildman–Crippen MR) is 56.5 cm³/mol. The zero-order chi connectivity index (χ0) is 10.1. The molecule has 0 aliphatic carbocycles. The molecule has 0 atom stereocenters. The number of benzene rings is 1. The first-order valence-electron chi connectivity index (χ1n) is 4.57. The van der Waals surface area contributed by atoms with Gasteiger partial charge in [0.1, 0.15) is 0 Å². The van der Waals surface area contributed by atoms with Crippen LogP contribution in [0.2, 0.25) is 6.82 Å². The van der Waals surface area contributed by atoms with Crippen LogP contribution in [-0.4, -0.2) is 17.2 Å². The van der Waals surface area contributed by atoms with Crippen molar-refractivity contribution in [1.82, 2.24) is 0 Å². The Balaban J connectivity index is 0.000000310. The van der Waals surface area contributed by atoms with Crippen LogP contribution in [0.15, 0.2) is 30.3 Å². The summed E-state index contributed by atoms with van der Waals surface area (Å²) in [5, 5.41) is 15.2. The van der Waals surface area contributed by atoms with Gasteiger partial charge >= 0.3 is 7.12 Å². The highest BCUT2D eigenvalue weighted by Gasteiger charge is 1.86. The molecule has 0 unspecified atom stereocenters. The van der Waals surface area contributed by atoms with Gasteiger partial charge in [-0.15, -0.1) is 0 Å². The van der Waals surface area contributed by atoms with Crippen LogP contribution >= 0.6 is 0 Å². The van der Waals surface area contributed by atoms with Crippen molar-refractivity contribution in [2.24, 2.45) is 0 Å². The summed E-state index contributed by atoms with van der Waals surface area (Å²) in [6, 6.07) is 10.6. The smallest absolute Gasteiger partial charge is 0.427 e. The summed E-state index contributed by atoms with van der Waals surface area (Å²) >= 11 is 0. The van der Waals surface area contributed by atoms with Crippen molar-refractivity contribution in [2.75, 3.05) is 0 Å². The molecule has 0 aromatic heterocycles. The maximum Gasteiger partial charge on any atom is 0.448 e. The first-order chi connectivity index (χ1) is 6.16. The Kier molecular flexibility index (Phi) is 7.35. The van der Waals surface area contributed by atoms with E-state index in [2.05, 4.69) is 37.3 Å². The van der Waals surface area contributed by atoms with Crippen molar-refractivity contribution in [2.45, 2.75) is 26.6 Å². The van der Waals surface area contributed by atoms with Crippen molar-refractivity contribution in [3.05, 3.63) is 35.9 Å². The molecule has 1 aromatic rings. The highest BCUT2D eigenvalue weighted by atomic mass is 16.4. The first-order valence-corrected chi connectivity index (χ1v) is 4.57. The Bertz CT molecular complexity index is 197. The van der Waals surface area contributed by atoms with Gasteiger partial charge in [-0.05, 0) is 18.8 Å². The lowest BCUT2D eigenvalue weighted by Gasteiger charge is -1.93. The molecular weight excluding hydrogens is 163 g/mol. The lowest BCUT2D eigenvalue weighted by molar-refractivity contribution is 0.417. The van der Waals surface area contributed by atoms with Crippen LogP contribution in [0.1, 0.15) is 18.9 Å². The summed E-state index contributed by atoms with van der Waals surface area (Å²) in [7, 11) is -1.17. The molecule has 0 aliphatic heterocycles. The molecule has 0 heterocycles. The standard InChI is InChI=1S/C9H12.CH5BO2/c1-2-6-9-7-4-3-5-8-9;1-2(3)4/h3-5,7-8H,2,6H2,1H3;3-4H,1H3. The second kappa shape index (κ2) is 7.83. The fraction of sp³-hybridized carbons (Fsp3) is 0.400. The van der Waals surface area contributed by atoms with Crippen molar-refractivity contribution in [3.63, 3.8) is 0 Å². The molecule has 0 spiro atoms. The maximum absolute atomic E-state index is 7.61.